The van der Waals surface area contributed by atoms with Gasteiger partial charge in [0, 0.05) is 43.1 Å². The molecule has 2 aliphatic heterocycles. The molecule has 0 saturated heterocycles. The molecule has 0 N–H and O–H groups in total. The van der Waals surface area contributed by atoms with E-state index >= 15 is 0 Å². The topological polar surface area (TPSA) is 25.8 Å². The number of hydrogen-bond acceptors (Lipinski definition) is 4. The van der Waals surface area contributed by atoms with E-state index in [1.807, 2.05) is 60.2 Å². The summed E-state index contributed by atoms with van der Waals surface area (Å²) in [5.41, 5.74) is 8.86. The van der Waals surface area contributed by atoms with Gasteiger partial charge in [-0.15, -0.1) is 0 Å². The molecule has 51 heavy (non-hydrogen) atoms. The summed E-state index contributed by atoms with van der Waals surface area (Å²) in [7, 11) is -2.64. The van der Waals surface area contributed by atoms with Crippen molar-refractivity contribution in [2.75, 3.05) is 0 Å². The van der Waals surface area contributed by atoms with Crippen LogP contribution in [0.3, 0.4) is 0 Å². The van der Waals surface area contributed by atoms with Crippen LogP contribution in [0.5, 0.6) is 0 Å². The summed E-state index contributed by atoms with van der Waals surface area (Å²) in [6, 6.07) is 62.4. The van der Waals surface area contributed by atoms with Gasteiger partial charge in [0.15, 0.2) is 8.07 Å². The van der Waals surface area contributed by atoms with Gasteiger partial charge in [-0.2, -0.15) is 0 Å². The van der Waals surface area contributed by atoms with E-state index in [4.69, 9.17) is 9.97 Å². The molecule has 0 spiro atoms. The third-order valence-electron chi connectivity index (χ3n) is 10.1. The summed E-state index contributed by atoms with van der Waals surface area (Å²) < 4.78 is 0. The molecule has 0 radical (unpaired) electrons. The van der Waals surface area contributed by atoms with Crippen molar-refractivity contribution in [3.05, 3.63) is 182 Å². The summed E-state index contributed by atoms with van der Waals surface area (Å²) in [6.45, 7) is 0. The lowest BCUT2D eigenvalue weighted by molar-refractivity contribution is 1.31. The number of fused-ring (bicyclic) bond motifs is 4. The van der Waals surface area contributed by atoms with E-state index in [2.05, 4.69) is 146 Å². The van der Waals surface area contributed by atoms with Crippen molar-refractivity contribution in [1.29, 1.82) is 0 Å². The fraction of sp³-hybridized carbons (Fsp3) is 0. The molecule has 240 valence electrons. The summed E-state index contributed by atoms with van der Waals surface area (Å²) in [5.74, 6) is 0. The van der Waals surface area contributed by atoms with Crippen LogP contribution in [0.4, 0.5) is 0 Å². The maximum atomic E-state index is 4.71. The molecule has 0 bridgehead atoms. The summed E-state index contributed by atoms with van der Waals surface area (Å²) in [4.78, 5) is 14.9. The van der Waals surface area contributed by atoms with Crippen LogP contribution in [0.1, 0.15) is 0 Å². The Bertz CT molecular complexity index is 2520. The molecule has 1 unspecified atom stereocenters. The molecule has 4 heterocycles. The molecule has 0 saturated carbocycles. The van der Waals surface area contributed by atoms with Crippen molar-refractivity contribution in [2.24, 2.45) is 0 Å². The standard InChI is InChI=1S/C46H30N2S2Si/c1-2-15-36(16-3-1)51-43-21-6-4-19-40(43)49-42-24-23-37(45(46(42)51)50-41-20-5-7-22-44(41)51)32-14-12-13-31(27-32)33-28-34(38-17-8-10-25-47-38)30-35(29-33)39-18-9-11-26-48-39/h1-30H. The second-order valence-electron chi connectivity index (χ2n) is 12.9. The van der Waals surface area contributed by atoms with E-state index < -0.39 is 8.07 Å². The SMILES string of the molecule is c1ccc([Si]23c4ccccc4Sc4ccc(-c5cccc(-c6cc(-c7ccccn7)cc(-c7ccccn7)c6)c5)c(c42)Sc2ccccc23)cc1. The maximum Gasteiger partial charge on any atom is 0.184 e. The monoisotopic (exact) mass is 702 g/mol. The highest BCUT2D eigenvalue weighted by atomic mass is 32.2. The van der Waals surface area contributed by atoms with Gasteiger partial charge in [0.05, 0.1) is 11.4 Å². The molecule has 2 aromatic heterocycles. The van der Waals surface area contributed by atoms with Gasteiger partial charge < -0.3 is 0 Å². The lowest BCUT2D eigenvalue weighted by Crippen LogP contribution is -2.78. The summed E-state index contributed by atoms with van der Waals surface area (Å²) in [6.07, 6.45) is 3.71. The van der Waals surface area contributed by atoms with Gasteiger partial charge in [0.2, 0.25) is 0 Å². The van der Waals surface area contributed by atoms with Crippen molar-refractivity contribution in [3.63, 3.8) is 0 Å². The first-order valence-corrected chi connectivity index (χ1v) is 20.8. The third-order valence-corrected chi connectivity index (χ3v) is 18.1. The number of rotatable bonds is 5. The molecular weight excluding hydrogens is 673 g/mol. The van der Waals surface area contributed by atoms with Crippen molar-refractivity contribution in [2.45, 2.75) is 19.6 Å². The second-order valence-corrected chi connectivity index (χ2v) is 18.7. The minimum Gasteiger partial charge on any atom is -0.256 e. The molecule has 0 aliphatic carbocycles. The van der Waals surface area contributed by atoms with E-state index in [9.17, 15) is 0 Å². The van der Waals surface area contributed by atoms with Crippen molar-refractivity contribution in [1.82, 2.24) is 9.97 Å². The first-order valence-electron chi connectivity index (χ1n) is 17.1. The zero-order valence-corrected chi connectivity index (χ0v) is 30.2. The Balaban J connectivity index is 1.19. The van der Waals surface area contributed by atoms with Gasteiger partial charge in [0.1, 0.15) is 0 Å². The number of hydrogen-bond donors (Lipinski definition) is 0. The van der Waals surface area contributed by atoms with Crippen molar-refractivity contribution >= 4 is 52.3 Å². The average Bonchev–Trinajstić information content (AvgIpc) is 3.21. The van der Waals surface area contributed by atoms with Crippen LogP contribution in [-0.4, -0.2) is 18.0 Å². The predicted molar refractivity (Wildman–Crippen MR) is 216 cm³/mol. The van der Waals surface area contributed by atoms with Gasteiger partial charge in [-0.1, -0.05) is 127 Å². The van der Waals surface area contributed by atoms with Gasteiger partial charge >= 0.3 is 0 Å². The van der Waals surface area contributed by atoms with Gasteiger partial charge in [-0.3, -0.25) is 9.97 Å². The lowest BCUT2D eigenvalue weighted by Gasteiger charge is -2.44. The lowest BCUT2D eigenvalue weighted by atomic mass is 9.94. The molecule has 0 fully saturated rings. The smallest absolute Gasteiger partial charge is 0.184 e. The molecule has 8 aromatic rings. The number of aromatic nitrogens is 2. The zero-order valence-electron chi connectivity index (χ0n) is 27.5. The Labute approximate surface area is 307 Å². The van der Waals surface area contributed by atoms with Crippen molar-refractivity contribution in [3.8, 4) is 44.8 Å². The Morgan fingerprint density at radius 2 is 0.961 bits per heavy atom. The van der Waals surface area contributed by atoms with Crippen LogP contribution >= 0.6 is 23.5 Å². The highest BCUT2D eigenvalue weighted by Gasteiger charge is 2.51. The van der Waals surface area contributed by atoms with E-state index in [1.165, 1.54) is 57.0 Å². The normalized spacial score (nSPS) is 15.4. The number of nitrogens with zero attached hydrogens (tertiary/aromatic N) is 2. The fourth-order valence-electron chi connectivity index (χ4n) is 7.88. The van der Waals surface area contributed by atoms with Crippen LogP contribution in [-0.2, 0) is 0 Å². The quantitative estimate of drug-likeness (QED) is 0.167. The minimum atomic E-state index is -2.64. The summed E-state index contributed by atoms with van der Waals surface area (Å²) >= 11 is 3.88. The molecule has 1 atom stereocenters. The molecule has 2 nitrogen and oxygen atoms in total. The van der Waals surface area contributed by atoms with Crippen LogP contribution < -0.4 is 20.7 Å². The Kier molecular flexibility index (Phi) is 7.38. The molecular formula is C46H30N2S2Si. The molecule has 6 aromatic carbocycles. The van der Waals surface area contributed by atoms with Crippen molar-refractivity contribution < 1.29 is 0 Å². The van der Waals surface area contributed by atoms with E-state index in [0.29, 0.717) is 0 Å². The van der Waals surface area contributed by atoms with E-state index in [1.54, 1.807) is 0 Å². The molecule has 2 aliphatic rings. The minimum absolute atomic E-state index is 0.946. The largest absolute Gasteiger partial charge is 0.256 e. The second kappa shape index (κ2) is 12.4. The van der Waals surface area contributed by atoms with Crippen LogP contribution in [0, 0.1) is 0 Å². The van der Waals surface area contributed by atoms with Gasteiger partial charge in [-0.25, -0.2) is 0 Å². The Morgan fingerprint density at radius 1 is 0.392 bits per heavy atom. The van der Waals surface area contributed by atoms with E-state index in [-0.39, 0.29) is 0 Å². The van der Waals surface area contributed by atoms with Crippen LogP contribution in [0.25, 0.3) is 44.8 Å². The predicted octanol–water partition coefficient (Wildman–Crippen LogP) is 9.45. The Hall–Kier alpha value is -5.46. The zero-order chi connectivity index (χ0) is 33.8. The average molecular weight is 703 g/mol. The van der Waals surface area contributed by atoms with Crippen LogP contribution in [0.2, 0.25) is 0 Å². The van der Waals surface area contributed by atoms with E-state index in [0.717, 1.165) is 28.1 Å². The summed E-state index contributed by atoms with van der Waals surface area (Å²) in [5, 5.41) is 5.94. The first-order chi connectivity index (χ1) is 25.3. The number of benzene rings is 6. The Morgan fingerprint density at radius 3 is 1.63 bits per heavy atom. The molecule has 0 amide bonds. The maximum absolute atomic E-state index is 4.71. The first kappa shape index (κ1) is 30.4. The highest BCUT2D eigenvalue weighted by molar-refractivity contribution is 8.01. The third kappa shape index (κ3) is 4.95. The fourth-order valence-corrected chi connectivity index (χ4v) is 17.3. The molecule has 5 heteroatoms. The number of pyridine rings is 2. The van der Waals surface area contributed by atoms with Gasteiger partial charge in [-0.05, 0) is 110 Å². The van der Waals surface area contributed by atoms with Gasteiger partial charge in [0.25, 0.3) is 0 Å². The molecule has 10 rings (SSSR count). The highest BCUT2D eigenvalue weighted by Crippen LogP contribution is 2.46. The van der Waals surface area contributed by atoms with Crippen LogP contribution in [0.15, 0.2) is 202 Å².